The lowest BCUT2D eigenvalue weighted by molar-refractivity contribution is 0.400. The first-order valence-electron chi connectivity index (χ1n) is 21.5. The summed E-state index contributed by atoms with van der Waals surface area (Å²) in [5.41, 5.74) is 6.36. The molecular weight excluding hydrogens is 1200 g/mol. The lowest BCUT2D eigenvalue weighted by Crippen LogP contribution is -2.13. The number of thiophene rings is 4. The number of pyridine rings is 4. The van der Waals surface area contributed by atoms with Gasteiger partial charge in [-0.1, -0.05) is 35.9 Å². The lowest BCUT2D eigenvalue weighted by atomic mass is 10.1. The molecule has 352 valence electrons. The zero-order valence-corrected chi connectivity index (χ0v) is 46.3. The zero-order valence-electron chi connectivity index (χ0n) is 37.5. The van der Waals surface area contributed by atoms with Gasteiger partial charge in [-0.2, -0.15) is 21.0 Å². The minimum atomic E-state index is -0.121. The Kier molecular flexibility index (Phi) is 15.3. The Hall–Kier alpha value is -6.39. The number of nitrogens with one attached hydrogen (secondary N) is 2. The number of nitriles is 4. The fourth-order valence-electron chi connectivity index (χ4n) is 8.02. The van der Waals surface area contributed by atoms with E-state index < -0.39 is 0 Å². The van der Waals surface area contributed by atoms with Crippen LogP contribution in [0.4, 0.5) is 0 Å². The molecule has 12 rings (SSSR count). The minimum Gasteiger partial charge on any atom is -0.321 e. The van der Waals surface area contributed by atoms with Gasteiger partial charge in [0.15, 0.2) is 0 Å². The van der Waals surface area contributed by atoms with Crippen molar-refractivity contribution in [3.63, 3.8) is 0 Å². The highest BCUT2D eigenvalue weighted by atomic mass is 79.9. The van der Waals surface area contributed by atoms with Crippen LogP contribution in [0.1, 0.15) is 34.4 Å². The summed E-state index contributed by atoms with van der Waals surface area (Å²) in [6, 6.07) is 38.1. The van der Waals surface area contributed by atoms with Gasteiger partial charge in [0.05, 0.1) is 95.4 Å². The predicted molar refractivity (Wildman–Crippen MR) is 308 cm³/mol. The Morgan fingerprint density at radius 1 is 0.542 bits per heavy atom. The second-order valence-electron chi connectivity index (χ2n) is 16.3. The van der Waals surface area contributed by atoms with Crippen molar-refractivity contribution in [1.82, 2.24) is 24.8 Å². The topological polar surface area (TPSA) is 190 Å². The Bertz CT molecular complexity index is 4430. The Balaban J connectivity index is 0.000000119. The van der Waals surface area contributed by atoms with E-state index in [1.807, 2.05) is 60.0 Å². The fourth-order valence-corrected chi connectivity index (χ4v) is 14.2. The summed E-state index contributed by atoms with van der Waals surface area (Å²) < 4.78 is 7.33. The van der Waals surface area contributed by atoms with Crippen molar-refractivity contribution in [2.45, 2.75) is 12.8 Å². The van der Waals surface area contributed by atoms with E-state index in [0.717, 1.165) is 94.0 Å². The minimum absolute atomic E-state index is 0.0983. The monoisotopic (exact) mass is 1220 g/mol. The number of aromatic nitrogens is 4. The molecule has 2 N–H and O–H groups in total. The van der Waals surface area contributed by atoms with E-state index in [1.54, 1.807) is 70.4 Å². The molecule has 11 nitrogen and oxygen atoms in total. The van der Waals surface area contributed by atoms with E-state index in [2.05, 4.69) is 112 Å². The van der Waals surface area contributed by atoms with E-state index in [4.69, 9.17) is 37.6 Å². The van der Waals surface area contributed by atoms with Gasteiger partial charge in [0, 0.05) is 52.1 Å². The normalized spacial score (nSPS) is 11.0. The van der Waals surface area contributed by atoms with Crippen LogP contribution in [-0.4, -0.2) is 45.5 Å². The molecule has 0 unspecified atom stereocenters. The molecule has 0 saturated heterocycles. The molecule has 4 aromatic carbocycles. The van der Waals surface area contributed by atoms with Crippen molar-refractivity contribution >= 4 is 189 Å². The van der Waals surface area contributed by atoms with Gasteiger partial charge in [0.1, 0.15) is 5.15 Å². The van der Waals surface area contributed by atoms with Crippen molar-refractivity contribution < 1.29 is 0 Å². The highest BCUT2D eigenvalue weighted by Crippen LogP contribution is 2.39. The first-order chi connectivity index (χ1) is 34.7. The maximum Gasteiger partial charge on any atom is 0.257 e. The van der Waals surface area contributed by atoms with Crippen molar-refractivity contribution in [3.8, 4) is 24.3 Å². The van der Waals surface area contributed by atoms with Crippen LogP contribution in [0.2, 0.25) is 5.15 Å². The predicted octanol–water partition coefficient (Wildman–Crippen LogP) is 15.3. The van der Waals surface area contributed by atoms with E-state index in [-0.39, 0.29) is 11.1 Å². The molecular formula is C53H31Br3ClN9O2S4. The SMILES string of the molecule is CN(C)CCCc1nc2cc(C#N)ccc2c2sc(Br)cc12.N#Cc1ccc2c(c1)[nH]c(=O)c1cc(Br)sc12.N#Cc1ccc2c(c1)[nH]c(=O)c1ccsc12.N#Cc1ccc2c(c1)nc(Cl)c1cc(Br)sc12. The van der Waals surface area contributed by atoms with Crippen LogP contribution in [0.25, 0.3) is 84.0 Å². The first kappa shape index (κ1) is 50.5. The van der Waals surface area contributed by atoms with Crippen molar-refractivity contribution in [2.24, 2.45) is 0 Å². The third-order valence-electron chi connectivity index (χ3n) is 11.3. The number of nitrogens with zero attached hydrogens (tertiary/aromatic N) is 7. The second-order valence-corrected chi connectivity index (χ2v) is 24.8. The molecule has 0 aliphatic rings. The van der Waals surface area contributed by atoms with Crippen molar-refractivity contribution in [3.05, 3.63) is 168 Å². The summed E-state index contributed by atoms with van der Waals surface area (Å²) in [4.78, 5) is 40.5. The van der Waals surface area contributed by atoms with Crippen LogP contribution in [-0.2, 0) is 6.42 Å². The molecule has 72 heavy (non-hydrogen) atoms. The third kappa shape index (κ3) is 10.6. The molecule has 19 heteroatoms. The lowest BCUT2D eigenvalue weighted by Gasteiger charge is -2.10. The number of H-pyrrole nitrogens is 2. The molecule has 0 saturated carbocycles. The number of aromatic amines is 2. The van der Waals surface area contributed by atoms with Crippen LogP contribution in [0.3, 0.4) is 0 Å². The summed E-state index contributed by atoms with van der Waals surface area (Å²) in [6.07, 6.45) is 2.02. The van der Waals surface area contributed by atoms with Crippen LogP contribution in [0.15, 0.2) is 123 Å². The maximum absolute atomic E-state index is 11.9. The molecule has 8 aromatic heterocycles. The van der Waals surface area contributed by atoms with Crippen molar-refractivity contribution in [2.75, 3.05) is 20.6 Å². The Labute approximate surface area is 455 Å². The zero-order chi connectivity index (χ0) is 50.8. The van der Waals surface area contributed by atoms with E-state index >= 15 is 0 Å². The highest BCUT2D eigenvalue weighted by Gasteiger charge is 2.14. The Morgan fingerprint density at radius 3 is 1.53 bits per heavy atom. The van der Waals surface area contributed by atoms with Crippen molar-refractivity contribution in [1.29, 1.82) is 21.0 Å². The van der Waals surface area contributed by atoms with Gasteiger partial charge in [-0.05, 0) is 159 Å². The van der Waals surface area contributed by atoms with Gasteiger partial charge in [0.2, 0.25) is 0 Å². The van der Waals surface area contributed by atoms with Gasteiger partial charge in [-0.25, -0.2) is 4.98 Å². The van der Waals surface area contributed by atoms with Gasteiger partial charge < -0.3 is 14.9 Å². The molecule has 0 aliphatic heterocycles. The molecule has 0 radical (unpaired) electrons. The molecule has 0 bridgehead atoms. The molecule has 0 aliphatic carbocycles. The quantitative estimate of drug-likeness (QED) is 0.162. The summed E-state index contributed by atoms with van der Waals surface area (Å²) in [6.45, 7) is 1.05. The standard InChI is InChI=1S/C17H16BrN3S.C12H4BrClN2S.C12H5BrN2OS.C12H6N2OS/c1-21(2)7-3-4-14-13-9-16(18)22-17(13)12-6-5-11(10-19)8-15(12)20-14;13-10-4-8-11(17-10)7-2-1-6(5-15)3-9(7)16-12(8)14;13-10-4-8-11(17-10)7-2-1-6(5-14)3-9(7)15-12(8)16;13-6-7-1-2-8-10(5-7)14-12(15)9-3-4-16-11(8)9/h5-6,8-9H,3-4,7H2,1-2H3;1-4H;1-4H,(H,15,16);1-5H,(H,14,15). The molecule has 0 spiro atoms. The highest BCUT2D eigenvalue weighted by molar-refractivity contribution is 9.11. The van der Waals surface area contributed by atoms with Gasteiger partial charge in [-0.3, -0.25) is 14.6 Å². The van der Waals surface area contributed by atoms with Gasteiger partial charge >= 0.3 is 0 Å². The number of hydrogen-bond donors (Lipinski definition) is 2. The number of halogens is 4. The molecule has 12 aromatic rings. The smallest absolute Gasteiger partial charge is 0.257 e. The summed E-state index contributed by atoms with van der Waals surface area (Å²) >= 11 is 23.0. The maximum atomic E-state index is 11.9. The summed E-state index contributed by atoms with van der Waals surface area (Å²) in [5.74, 6) is 0. The van der Waals surface area contributed by atoms with Gasteiger partial charge in [-0.15, -0.1) is 45.3 Å². The number of benzene rings is 4. The molecule has 0 atom stereocenters. The summed E-state index contributed by atoms with van der Waals surface area (Å²) in [7, 11) is 4.17. The first-order valence-corrected chi connectivity index (χ1v) is 27.6. The van der Waals surface area contributed by atoms with E-state index in [9.17, 15) is 9.59 Å². The number of hydrogen-bond acceptors (Lipinski definition) is 13. The van der Waals surface area contributed by atoms with E-state index in [1.165, 1.54) is 21.4 Å². The molecule has 8 heterocycles. The van der Waals surface area contributed by atoms with Crippen LogP contribution in [0.5, 0.6) is 0 Å². The largest absolute Gasteiger partial charge is 0.321 e. The fraction of sp³-hybridized carbons (Fsp3) is 0.0943. The summed E-state index contributed by atoms with van der Waals surface area (Å²) in [5, 5.41) is 45.7. The Morgan fingerprint density at radius 2 is 0.986 bits per heavy atom. The molecule has 0 fully saturated rings. The number of fused-ring (bicyclic) bond motifs is 12. The van der Waals surface area contributed by atoms with Crippen LogP contribution >= 0.6 is 105 Å². The number of aryl methyl sites for hydroxylation is 1. The van der Waals surface area contributed by atoms with Gasteiger partial charge in [0.25, 0.3) is 11.1 Å². The number of rotatable bonds is 4. The van der Waals surface area contributed by atoms with E-state index in [0.29, 0.717) is 43.7 Å². The van der Waals surface area contributed by atoms with Crippen LogP contribution in [0, 0.1) is 45.3 Å². The average Bonchev–Trinajstić information content (AvgIpc) is 4.20. The molecule has 0 amide bonds. The average molecular weight is 1230 g/mol. The third-order valence-corrected chi connectivity index (χ3v) is 17.6. The van der Waals surface area contributed by atoms with Crippen LogP contribution < -0.4 is 11.1 Å². The second kappa shape index (κ2) is 21.8.